The first-order valence-corrected chi connectivity index (χ1v) is 15.6. The van der Waals surface area contributed by atoms with Crippen LogP contribution >= 0.6 is 22.1 Å². The summed E-state index contributed by atoms with van der Waals surface area (Å²) in [5.41, 5.74) is 2.61. The number of rotatable bonds is 6. The van der Waals surface area contributed by atoms with Crippen LogP contribution in [0.1, 0.15) is 53.3 Å². The van der Waals surface area contributed by atoms with Crippen molar-refractivity contribution in [2.75, 3.05) is 50.9 Å². The molecule has 0 N–H and O–H groups in total. The summed E-state index contributed by atoms with van der Waals surface area (Å²) in [4.78, 5) is 19.5. The van der Waals surface area contributed by atoms with Crippen molar-refractivity contribution in [1.82, 2.24) is 9.80 Å². The van der Waals surface area contributed by atoms with E-state index in [1.165, 1.54) is 11.3 Å². The zero-order chi connectivity index (χ0) is 27.7. The van der Waals surface area contributed by atoms with Gasteiger partial charge in [0.1, 0.15) is 0 Å². The first-order chi connectivity index (χ1) is 18.6. The molecule has 2 aromatic carbocycles. The molecule has 3 aliphatic heterocycles. The molecule has 2 atom stereocenters. The molecular formula is C30H37ClF3N3OS. The van der Waals surface area contributed by atoms with Gasteiger partial charge in [-0.15, -0.1) is 10.5 Å². The van der Waals surface area contributed by atoms with Crippen molar-refractivity contribution in [3.63, 3.8) is 0 Å². The first-order valence-electron chi connectivity index (χ1n) is 13.8. The molecule has 2 unspecified atom stereocenters. The number of alkyl halides is 3. The number of hydrogen-bond donors (Lipinski definition) is 0. The van der Waals surface area contributed by atoms with Gasteiger partial charge >= 0.3 is 6.18 Å². The van der Waals surface area contributed by atoms with Crippen molar-refractivity contribution in [2.45, 2.75) is 43.5 Å². The molecule has 0 saturated carbocycles. The average molecular weight is 580 g/mol. The van der Waals surface area contributed by atoms with Gasteiger partial charge < -0.3 is 9.80 Å². The standard InChI is InChI=1S/C30H37ClF3N3OS/c1-35(2)28(38)25-9-8-24(19-26(25)31)36-14-10-21(11-15-36)18-22-12-16-37(17-13-22)29-27(23-6-4-3-5-7-23)39(29)20-30(32,33)34/h3-9,19,21-22,27H,10-18,20H2,1-2H3. The number of likely N-dealkylation sites (tertiary alicyclic amines) is 1. The molecule has 39 heavy (non-hydrogen) atoms. The Hall–Kier alpha value is -2.03. The zero-order valence-electron chi connectivity index (χ0n) is 22.6. The predicted molar refractivity (Wildman–Crippen MR) is 156 cm³/mol. The lowest BCUT2D eigenvalue weighted by atomic mass is 9.82. The molecule has 0 radical (unpaired) electrons. The predicted octanol–water partition coefficient (Wildman–Crippen LogP) is 7.08. The SMILES string of the molecule is CN(C)C(=O)c1ccc(N2CCC(CC3CCN(C4=S(CC(F)(F)F)C4c4ccccc4)CC3)CC2)cc1Cl. The van der Waals surface area contributed by atoms with E-state index in [0.29, 0.717) is 22.4 Å². The Kier molecular flexibility index (Phi) is 8.65. The second-order valence-corrected chi connectivity index (χ2v) is 13.7. The van der Waals surface area contributed by atoms with Gasteiger partial charge in [-0.1, -0.05) is 41.9 Å². The summed E-state index contributed by atoms with van der Waals surface area (Å²) in [6, 6.07) is 15.4. The Morgan fingerprint density at radius 3 is 2.08 bits per heavy atom. The molecule has 1 amide bonds. The van der Waals surface area contributed by atoms with Crippen molar-refractivity contribution in [3.05, 3.63) is 64.7 Å². The van der Waals surface area contributed by atoms with Gasteiger partial charge in [0.15, 0.2) is 0 Å². The van der Waals surface area contributed by atoms with Crippen molar-refractivity contribution >= 4 is 38.7 Å². The number of piperidine rings is 2. The number of halogens is 4. The molecule has 212 valence electrons. The van der Waals surface area contributed by atoms with E-state index < -0.39 is 22.4 Å². The fourth-order valence-electron chi connectivity index (χ4n) is 6.20. The summed E-state index contributed by atoms with van der Waals surface area (Å²) >= 11 is 6.43. The smallest absolute Gasteiger partial charge is 0.371 e. The Balaban J connectivity index is 1.11. The van der Waals surface area contributed by atoms with Crippen molar-refractivity contribution in [2.24, 2.45) is 11.8 Å². The largest absolute Gasteiger partial charge is 0.397 e. The van der Waals surface area contributed by atoms with Crippen molar-refractivity contribution in [3.8, 4) is 0 Å². The van der Waals surface area contributed by atoms with Crippen LogP contribution in [-0.2, 0) is 0 Å². The molecule has 9 heteroatoms. The van der Waals surface area contributed by atoms with E-state index in [-0.39, 0.29) is 11.2 Å². The molecular weight excluding hydrogens is 543 g/mol. The van der Waals surface area contributed by atoms with E-state index in [0.717, 1.165) is 68.1 Å². The van der Waals surface area contributed by atoms with E-state index in [1.54, 1.807) is 14.1 Å². The Bertz CT molecular complexity index is 1200. The maximum atomic E-state index is 13.3. The number of carbonyl (C=O) groups excluding carboxylic acids is 1. The van der Waals surface area contributed by atoms with Gasteiger partial charge in [0.25, 0.3) is 5.91 Å². The lowest BCUT2D eigenvalue weighted by molar-refractivity contribution is -0.105. The fraction of sp³-hybridized carbons (Fsp3) is 0.533. The molecule has 0 spiro atoms. The number of amides is 1. The third-order valence-electron chi connectivity index (χ3n) is 8.30. The quantitative estimate of drug-likeness (QED) is 0.342. The maximum Gasteiger partial charge on any atom is 0.397 e. The molecule has 3 aliphatic rings. The van der Waals surface area contributed by atoms with Gasteiger partial charge in [-0.2, -0.15) is 13.2 Å². The lowest BCUT2D eigenvalue weighted by Crippen LogP contribution is -2.38. The summed E-state index contributed by atoms with van der Waals surface area (Å²) in [6.07, 6.45) is 1.45. The van der Waals surface area contributed by atoms with E-state index >= 15 is 0 Å². The number of nitrogens with zero attached hydrogens (tertiary/aromatic N) is 3. The number of anilines is 1. The summed E-state index contributed by atoms with van der Waals surface area (Å²) in [5, 5.41) is 0.429. The second-order valence-electron chi connectivity index (χ2n) is 11.3. The second kappa shape index (κ2) is 11.8. The topological polar surface area (TPSA) is 26.8 Å². The van der Waals surface area contributed by atoms with Gasteiger partial charge in [0.2, 0.25) is 0 Å². The lowest BCUT2D eigenvalue weighted by Gasteiger charge is -2.37. The van der Waals surface area contributed by atoms with Gasteiger partial charge in [0, 0.05) is 51.0 Å². The Labute approximate surface area is 237 Å². The highest BCUT2D eigenvalue weighted by molar-refractivity contribution is 8.24. The molecule has 5 rings (SSSR count). The van der Waals surface area contributed by atoms with Gasteiger partial charge in [-0.25, -0.2) is 0 Å². The molecule has 4 nitrogen and oxygen atoms in total. The van der Waals surface area contributed by atoms with Gasteiger partial charge in [-0.3, -0.25) is 9.69 Å². The summed E-state index contributed by atoms with van der Waals surface area (Å²) in [5.74, 6) is 0.527. The van der Waals surface area contributed by atoms with Crippen LogP contribution in [0, 0.1) is 11.8 Å². The third kappa shape index (κ3) is 6.83. The minimum atomic E-state index is -4.12. The van der Waals surface area contributed by atoms with Crippen LogP contribution in [0.2, 0.25) is 5.02 Å². The van der Waals surface area contributed by atoms with Crippen molar-refractivity contribution < 1.29 is 18.0 Å². The van der Waals surface area contributed by atoms with Crippen LogP contribution < -0.4 is 4.90 Å². The molecule has 0 aliphatic carbocycles. The highest BCUT2D eigenvalue weighted by atomic mass is 35.5. The molecule has 2 fully saturated rings. The van der Waals surface area contributed by atoms with E-state index in [2.05, 4.69) is 9.80 Å². The summed E-state index contributed by atoms with van der Waals surface area (Å²) in [7, 11) is 2.72. The Morgan fingerprint density at radius 1 is 0.949 bits per heavy atom. The number of hydrogen-bond acceptors (Lipinski definition) is 3. The van der Waals surface area contributed by atoms with Gasteiger partial charge in [-0.05, 0) is 67.7 Å². The van der Waals surface area contributed by atoms with Crippen LogP contribution in [0.25, 0.3) is 0 Å². The van der Waals surface area contributed by atoms with Gasteiger partial charge in [0.05, 0.1) is 21.6 Å². The third-order valence-corrected chi connectivity index (χ3v) is 11.1. The number of carbonyl (C=O) groups is 1. The van der Waals surface area contributed by atoms with Crippen LogP contribution in [0.5, 0.6) is 0 Å². The summed E-state index contributed by atoms with van der Waals surface area (Å²) < 4.78 is 39.8. The highest BCUT2D eigenvalue weighted by Crippen LogP contribution is 2.56. The fourth-order valence-corrected chi connectivity index (χ4v) is 9.01. The van der Waals surface area contributed by atoms with Crippen LogP contribution in [0.15, 0.2) is 48.5 Å². The number of benzene rings is 2. The minimum Gasteiger partial charge on any atom is -0.371 e. The van der Waals surface area contributed by atoms with Crippen molar-refractivity contribution in [1.29, 1.82) is 0 Å². The zero-order valence-corrected chi connectivity index (χ0v) is 24.2. The highest BCUT2D eigenvalue weighted by Gasteiger charge is 2.46. The first kappa shape index (κ1) is 28.5. The summed E-state index contributed by atoms with van der Waals surface area (Å²) in [6.45, 7) is 3.69. The maximum absolute atomic E-state index is 13.3. The van der Waals surface area contributed by atoms with Crippen LogP contribution in [0.3, 0.4) is 0 Å². The monoisotopic (exact) mass is 579 g/mol. The van der Waals surface area contributed by atoms with E-state index in [9.17, 15) is 18.0 Å². The average Bonchev–Trinajstić information content (AvgIpc) is 3.61. The molecule has 2 saturated heterocycles. The minimum absolute atomic E-state index is 0.0581. The van der Waals surface area contributed by atoms with Crippen LogP contribution in [0.4, 0.5) is 18.9 Å². The Morgan fingerprint density at radius 2 is 1.54 bits per heavy atom. The normalized spacial score (nSPS) is 23.2. The molecule has 0 bridgehead atoms. The van der Waals surface area contributed by atoms with E-state index in [1.807, 2.05) is 48.5 Å². The van der Waals surface area contributed by atoms with Crippen LogP contribution in [-0.4, -0.2) is 72.9 Å². The molecule has 3 heterocycles. The van der Waals surface area contributed by atoms with E-state index in [4.69, 9.17) is 11.6 Å². The molecule has 0 aromatic heterocycles. The molecule has 2 aromatic rings.